The maximum atomic E-state index is 11.7. The second-order valence-electron chi connectivity index (χ2n) is 3.88. The Labute approximate surface area is 89.8 Å². The normalized spacial score (nSPS) is 12.5. The van der Waals surface area contributed by atoms with E-state index in [4.69, 9.17) is 10.2 Å². The maximum Gasteiger partial charge on any atom is 0.254 e. The van der Waals surface area contributed by atoms with Crippen molar-refractivity contribution in [3.8, 4) is 0 Å². The Morgan fingerprint density at radius 3 is 2.73 bits per heavy atom. The van der Waals surface area contributed by atoms with Gasteiger partial charge < -0.3 is 15.5 Å². The first-order chi connectivity index (χ1) is 7.04. The molecule has 3 N–H and O–H groups in total. The molecule has 0 radical (unpaired) electrons. The molecule has 0 saturated heterocycles. The van der Waals surface area contributed by atoms with Crippen molar-refractivity contribution in [2.75, 3.05) is 13.1 Å². The lowest BCUT2D eigenvalue weighted by Crippen LogP contribution is -2.31. The summed E-state index contributed by atoms with van der Waals surface area (Å²) >= 11 is 0. The molecule has 84 valence electrons. The number of aryl methyl sites for hydroxylation is 2. The Hall–Kier alpha value is -1.29. The Balaban J connectivity index is 2.58. The zero-order valence-electron chi connectivity index (χ0n) is 9.46. The molecule has 1 unspecified atom stereocenters. The molecule has 4 nitrogen and oxygen atoms in total. The third kappa shape index (κ3) is 3.09. The third-order valence-electron chi connectivity index (χ3n) is 2.30. The van der Waals surface area contributed by atoms with Gasteiger partial charge in [-0.2, -0.15) is 0 Å². The molecule has 1 aromatic heterocycles. The number of amides is 1. The van der Waals surface area contributed by atoms with E-state index >= 15 is 0 Å². The summed E-state index contributed by atoms with van der Waals surface area (Å²) < 4.78 is 5.28. The van der Waals surface area contributed by atoms with Crippen LogP contribution in [0.3, 0.4) is 0 Å². The van der Waals surface area contributed by atoms with E-state index in [2.05, 4.69) is 5.32 Å². The molecule has 0 aliphatic heterocycles. The first-order valence-corrected chi connectivity index (χ1v) is 5.10. The van der Waals surface area contributed by atoms with E-state index in [1.54, 1.807) is 13.0 Å². The number of nitrogens with two attached hydrogens (primary N) is 1. The topological polar surface area (TPSA) is 68.3 Å². The highest BCUT2D eigenvalue weighted by Gasteiger charge is 2.13. The highest BCUT2D eigenvalue weighted by molar-refractivity contribution is 5.95. The zero-order chi connectivity index (χ0) is 11.4. The van der Waals surface area contributed by atoms with Gasteiger partial charge in [-0.3, -0.25) is 4.79 Å². The van der Waals surface area contributed by atoms with Crippen LogP contribution >= 0.6 is 0 Å². The summed E-state index contributed by atoms with van der Waals surface area (Å²) in [5, 5.41) is 2.82. The maximum absolute atomic E-state index is 11.7. The van der Waals surface area contributed by atoms with E-state index in [1.165, 1.54) is 0 Å². The second-order valence-corrected chi connectivity index (χ2v) is 3.88. The predicted molar refractivity (Wildman–Crippen MR) is 58.7 cm³/mol. The molecule has 1 atom stereocenters. The van der Waals surface area contributed by atoms with E-state index in [1.807, 2.05) is 13.8 Å². The van der Waals surface area contributed by atoms with Crippen LogP contribution in [0.25, 0.3) is 0 Å². The summed E-state index contributed by atoms with van der Waals surface area (Å²) in [6.45, 7) is 6.77. The monoisotopic (exact) mass is 210 g/mol. The summed E-state index contributed by atoms with van der Waals surface area (Å²) in [4.78, 5) is 11.7. The van der Waals surface area contributed by atoms with Crippen molar-refractivity contribution in [3.05, 3.63) is 23.2 Å². The average Bonchev–Trinajstić information content (AvgIpc) is 2.53. The smallest absolute Gasteiger partial charge is 0.254 e. The standard InChI is InChI=1S/C11H18N2O2/c1-7(5-12)6-13-11(14)10-4-8(2)15-9(10)3/h4,7H,5-6,12H2,1-3H3,(H,13,14). The molecular weight excluding hydrogens is 192 g/mol. The molecule has 0 aromatic carbocycles. The van der Waals surface area contributed by atoms with Crippen LogP contribution < -0.4 is 11.1 Å². The fourth-order valence-corrected chi connectivity index (χ4v) is 1.30. The SMILES string of the molecule is Cc1cc(C(=O)NCC(C)CN)c(C)o1. The van der Waals surface area contributed by atoms with Gasteiger partial charge in [0, 0.05) is 6.54 Å². The fourth-order valence-electron chi connectivity index (χ4n) is 1.30. The van der Waals surface area contributed by atoms with E-state index in [-0.39, 0.29) is 5.91 Å². The first kappa shape index (κ1) is 11.8. The van der Waals surface area contributed by atoms with Crippen LogP contribution in [0, 0.1) is 19.8 Å². The Bertz CT molecular complexity index is 344. The van der Waals surface area contributed by atoms with Gasteiger partial charge in [-0.15, -0.1) is 0 Å². The Morgan fingerprint density at radius 2 is 2.27 bits per heavy atom. The lowest BCUT2D eigenvalue weighted by atomic mass is 10.1. The van der Waals surface area contributed by atoms with E-state index < -0.39 is 0 Å². The molecule has 0 aliphatic carbocycles. The zero-order valence-corrected chi connectivity index (χ0v) is 9.46. The molecule has 0 aliphatic rings. The highest BCUT2D eigenvalue weighted by atomic mass is 16.3. The average molecular weight is 210 g/mol. The van der Waals surface area contributed by atoms with Gasteiger partial charge >= 0.3 is 0 Å². The molecule has 0 spiro atoms. The third-order valence-corrected chi connectivity index (χ3v) is 2.30. The molecule has 1 rings (SSSR count). The molecular formula is C11H18N2O2. The number of nitrogens with one attached hydrogen (secondary N) is 1. The minimum atomic E-state index is -0.0929. The minimum absolute atomic E-state index is 0.0929. The largest absolute Gasteiger partial charge is 0.466 e. The highest BCUT2D eigenvalue weighted by Crippen LogP contribution is 2.13. The summed E-state index contributed by atoms with van der Waals surface area (Å²) in [6.07, 6.45) is 0. The van der Waals surface area contributed by atoms with Crippen molar-refractivity contribution in [3.63, 3.8) is 0 Å². The number of hydrogen-bond donors (Lipinski definition) is 2. The molecule has 1 heterocycles. The van der Waals surface area contributed by atoms with Crippen LogP contribution in [0.4, 0.5) is 0 Å². The summed E-state index contributed by atoms with van der Waals surface area (Å²) in [6, 6.07) is 1.75. The minimum Gasteiger partial charge on any atom is -0.466 e. The van der Waals surface area contributed by atoms with Crippen molar-refractivity contribution < 1.29 is 9.21 Å². The first-order valence-electron chi connectivity index (χ1n) is 5.10. The van der Waals surface area contributed by atoms with Crippen LogP contribution in [0.15, 0.2) is 10.5 Å². The molecule has 1 amide bonds. The van der Waals surface area contributed by atoms with Crippen LogP contribution in [-0.4, -0.2) is 19.0 Å². The number of furan rings is 1. The second kappa shape index (κ2) is 4.98. The quantitative estimate of drug-likeness (QED) is 0.785. The number of hydrogen-bond acceptors (Lipinski definition) is 3. The molecule has 15 heavy (non-hydrogen) atoms. The molecule has 1 aromatic rings. The fraction of sp³-hybridized carbons (Fsp3) is 0.545. The predicted octanol–water partition coefficient (Wildman–Crippen LogP) is 1.22. The van der Waals surface area contributed by atoms with Gasteiger partial charge in [-0.1, -0.05) is 6.92 Å². The number of carbonyl (C=O) groups excluding carboxylic acids is 1. The summed E-state index contributed by atoms with van der Waals surface area (Å²) in [7, 11) is 0. The van der Waals surface area contributed by atoms with Gasteiger partial charge in [0.1, 0.15) is 11.5 Å². The summed E-state index contributed by atoms with van der Waals surface area (Å²) in [5.41, 5.74) is 6.07. The number of carbonyl (C=O) groups is 1. The Morgan fingerprint density at radius 1 is 1.60 bits per heavy atom. The van der Waals surface area contributed by atoms with Crippen LogP contribution in [0.1, 0.15) is 28.8 Å². The van der Waals surface area contributed by atoms with Crippen molar-refractivity contribution in [1.82, 2.24) is 5.32 Å². The van der Waals surface area contributed by atoms with Gasteiger partial charge in [-0.05, 0) is 32.4 Å². The lowest BCUT2D eigenvalue weighted by molar-refractivity contribution is 0.0947. The lowest BCUT2D eigenvalue weighted by Gasteiger charge is -2.09. The number of rotatable bonds is 4. The van der Waals surface area contributed by atoms with Crippen LogP contribution in [0.2, 0.25) is 0 Å². The van der Waals surface area contributed by atoms with E-state index in [0.717, 1.165) is 5.76 Å². The van der Waals surface area contributed by atoms with Gasteiger partial charge in [-0.25, -0.2) is 0 Å². The molecule has 0 fully saturated rings. The van der Waals surface area contributed by atoms with Gasteiger partial charge in [0.25, 0.3) is 5.91 Å². The van der Waals surface area contributed by atoms with Gasteiger partial charge in [0.15, 0.2) is 0 Å². The van der Waals surface area contributed by atoms with Crippen molar-refractivity contribution in [2.24, 2.45) is 11.7 Å². The van der Waals surface area contributed by atoms with Crippen LogP contribution in [0.5, 0.6) is 0 Å². The molecule has 0 saturated carbocycles. The van der Waals surface area contributed by atoms with Crippen molar-refractivity contribution in [1.29, 1.82) is 0 Å². The van der Waals surface area contributed by atoms with E-state index in [9.17, 15) is 4.79 Å². The molecule has 0 bridgehead atoms. The van der Waals surface area contributed by atoms with Crippen molar-refractivity contribution >= 4 is 5.91 Å². The van der Waals surface area contributed by atoms with Gasteiger partial charge in [0.05, 0.1) is 5.56 Å². The molecule has 4 heteroatoms. The summed E-state index contributed by atoms with van der Waals surface area (Å²) in [5.74, 6) is 1.61. The van der Waals surface area contributed by atoms with Crippen LogP contribution in [-0.2, 0) is 0 Å². The van der Waals surface area contributed by atoms with Crippen molar-refractivity contribution in [2.45, 2.75) is 20.8 Å². The van der Waals surface area contributed by atoms with Gasteiger partial charge in [0.2, 0.25) is 0 Å². The Kier molecular flexibility index (Phi) is 3.91. The van der Waals surface area contributed by atoms with E-state index in [0.29, 0.717) is 30.3 Å².